The predicted molar refractivity (Wildman–Crippen MR) is 59.9 cm³/mol. The Morgan fingerprint density at radius 2 is 1.71 bits per heavy atom. The van der Waals surface area contributed by atoms with Gasteiger partial charge in [0.1, 0.15) is 5.78 Å². The van der Waals surface area contributed by atoms with Crippen molar-refractivity contribution in [2.45, 2.75) is 26.2 Å². The fourth-order valence-corrected chi connectivity index (χ4v) is 2.77. The van der Waals surface area contributed by atoms with Crippen molar-refractivity contribution in [1.29, 1.82) is 0 Å². The number of ketones is 1. The van der Waals surface area contributed by atoms with Crippen LogP contribution in [0, 0.1) is 0 Å². The third kappa shape index (κ3) is 4.26. The first-order chi connectivity index (χ1) is 7.82. The highest BCUT2D eigenvalue weighted by molar-refractivity contribution is 7.91. The minimum absolute atomic E-state index is 0.0236. The van der Waals surface area contributed by atoms with Crippen molar-refractivity contribution in [2.24, 2.45) is 0 Å². The quantitative estimate of drug-likeness (QED) is 0.603. The maximum Gasteiger partial charge on any atom is 0.229 e. The second kappa shape index (κ2) is 5.39. The normalized spacial score (nSPS) is 16.6. The van der Waals surface area contributed by atoms with E-state index in [4.69, 9.17) is 0 Å². The molecule has 0 aromatic carbocycles. The second-order valence-electron chi connectivity index (χ2n) is 4.04. The number of carbonyl (C=O) groups is 3. The number of likely N-dealkylation sites (tertiary alicyclic amines) is 1. The lowest BCUT2D eigenvalue weighted by molar-refractivity contribution is -0.138. The Morgan fingerprint density at radius 3 is 2.18 bits per heavy atom. The standard InChI is InChI=1S/C10H15NO5S/c1-8(12)4-6-17(15,16)7-5-11-9(13)2-3-10(11)14/h2-7H2,1H3. The van der Waals surface area contributed by atoms with Crippen LogP contribution >= 0.6 is 0 Å². The molecule has 0 spiro atoms. The summed E-state index contributed by atoms with van der Waals surface area (Å²) in [5.41, 5.74) is 0. The van der Waals surface area contributed by atoms with Gasteiger partial charge in [-0.2, -0.15) is 0 Å². The van der Waals surface area contributed by atoms with Crippen LogP contribution in [0.5, 0.6) is 0 Å². The first kappa shape index (κ1) is 13.8. The van der Waals surface area contributed by atoms with Crippen LogP contribution in [-0.2, 0) is 24.2 Å². The van der Waals surface area contributed by atoms with Crippen LogP contribution in [0.25, 0.3) is 0 Å². The van der Waals surface area contributed by atoms with Crippen LogP contribution in [0.1, 0.15) is 26.2 Å². The molecular weight excluding hydrogens is 246 g/mol. The number of sulfone groups is 1. The maximum absolute atomic E-state index is 11.5. The molecule has 0 aromatic rings. The number of hydrogen-bond donors (Lipinski definition) is 0. The Hall–Kier alpha value is -1.24. The minimum atomic E-state index is -3.38. The zero-order valence-electron chi connectivity index (χ0n) is 9.64. The first-order valence-corrected chi connectivity index (χ1v) is 7.17. The van der Waals surface area contributed by atoms with Gasteiger partial charge < -0.3 is 0 Å². The topological polar surface area (TPSA) is 88.6 Å². The molecule has 1 fully saturated rings. The van der Waals surface area contributed by atoms with Crippen molar-refractivity contribution < 1.29 is 22.8 Å². The van der Waals surface area contributed by atoms with Crippen LogP contribution in [0.2, 0.25) is 0 Å². The average molecular weight is 261 g/mol. The summed E-state index contributed by atoms with van der Waals surface area (Å²) < 4.78 is 23.0. The Labute approximate surface area is 99.9 Å². The first-order valence-electron chi connectivity index (χ1n) is 5.35. The van der Waals surface area contributed by atoms with E-state index in [9.17, 15) is 22.8 Å². The Kier molecular flexibility index (Phi) is 4.39. The van der Waals surface area contributed by atoms with Crippen molar-refractivity contribution in [2.75, 3.05) is 18.1 Å². The monoisotopic (exact) mass is 261 g/mol. The molecule has 2 amide bonds. The molecule has 7 heteroatoms. The van der Waals surface area contributed by atoms with Crippen molar-refractivity contribution in [1.82, 2.24) is 4.90 Å². The number of rotatable bonds is 6. The molecule has 0 saturated carbocycles. The Morgan fingerprint density at radius 1 is 1.18 bits per heavy atom. The van der Waals surface area contributed by atoms with Crippen LogP contribution in [0.4, 0.5) is 0 Å². The summed E-state index contributed by atoms with van der Waals surface area (Å²) in [4.78, 5) is 34.1. The van der Waals surface area contributed by atoms with Gasteiger partial charge in [0.15, 0.2) is 9.84 Å². The highest BCUT2D eigenvalue weighted by Crippen LogP contribution is 2.11. The second-order valence-corrected chi connectivity index (χ2v) is 6.35. The molecule has 0 aliphatic carbocycles. The van der Waals surface area contributed by atoms with Crippen LogP contribution in [0.15, 0.2) is 0 Å². The van der Waals surface area contributed by atoms with Gasteiger partial charge in [0.2, 0.25) is 11.8 Å². The average Bonchev–Trinajstić information content (AvgIpc) is 2.54. The fraction of sp³-hybridized carbons (Fsp3) is 0.700. The largest absolute Gasteiger partial charge is 0.300 e. The Bertz CT molecular complexity index is 424. The number of hydrogen-bond acceptors (Lipinski definition) is 5. The SMILES string of the molecule is CC(=O)CCS(=O)(=O)CCN1C(=O)CCC1=O. The van der Waals surface area contributed by atoms with Gasteiger partial charge in [0, 0.05) is 25.8 Å². The highest BCUT2D eigenvalue weighted by Gasteiger charge is 2.29. The molecule has 17 heavy (non-hydrogen) atoms. The summed E-state index contributed by atoms with van der Waals surface area (Å²) in [7, 11) is -3.38. The van der Waals surface area contributed by atoms with Gasteiger partial charge in [-0.1, -0.05) is 0 Å². The third-order valence-corrected chi connectivity index (χ3v) is 4.18. The molecule has 1 heterocycles. The Balaban J connectivity index is 2.47. The molecule has 0 N–H and O–H groups in total. The summed E-state index contributed by atoms with van der Waals surface area (Å²) in [6.07, 6.45) is 0.295. The van der Waals surface area contributed by atoms with Gasteiger partial charge >= 0.3 is 0 Å². The molecule has 0 bridgehead atoms. The molecule has 0 aromatic heterocycles. The molecule has 0 atom stereocenters. The van der Waals surface area contributed by atoms with Crippen molar-refractivity contribution in [3.63, 3.8) is 0 Å². The van der Waals surface area contributed by atoms with E-state index in [2.05, 4.69) is 0 Å². The van der Waals surface area contributed by atoms with Gasteiger partial charge in [-0.15, -0.1) is 0 Å². The van der Waals surface area contributed by atoms with Crippen LogP contribution in [0.3, 0.4) is 0 Å². The van der Waals surface area contributed by atoms with Crippen molar-refractivity contribution in [3.8, 4) is 0 Å². The summed E-state index contributed by atoms with van der Waals surface area (Å²) in [5, 5.41) is 0. The summed E-state index contributed by atoms with van der Waals surface area (Å²) >= 11 is 0. The molecule has 1 saturated heterocycles. The van der Waals surface area contributed by atoms with Crippen molar-refractivity contribution >= 4 is 27.4 Å². The predicted octanol–water partition coefficient (Wildman–Crippen LogP) is -0.471. The minimum Gasteiger partial charge on any atom is -0.300 e. The molecule has 6 nitrogen and oxygen atoms in total. The summed E-state index contributed by atoms with van der Waals surface area (Å²) in [5.74, 6) is -1.33. The van der Waals surface area contributed by atoms with E-state index in [-0.39, 0.29) is 54.9 Å². The van der Waals surface area contributed by atoms with E-state index < -0.39 is 9.84 Å². The highest BCUT2D eigenvalue weighted by atomic mass is 32.2. The van der Waals surface area contributed by atoms with E-state index in [0.717, 1.165) is 4.90 Å². The lowest BCUT2D eigenvalue weighted by atomic mass is 10.4. The van der Waals surface area contributed by atoms with Crippen LogP contribution in [-0.4, -0.2) is 49.0 Å². The lowest BCUT2D eigenvalue weighted by Crippen LogP contribution is -2.34. The van der Waals surface area contributed by atoms with E-state index in [1.165, 1.54) is 6.92 Å². The molecule has 1 aliphatic rings. The molecule has 0 radical (unpaired) electrons. The number of carbonyl (C=O) groups excluding carboxylic acids is 3. The molecule has 96 valence electrons. The maximum atomic E-state index is 11.5. The molecule has 0 unspecified atom stereocenters. The van der Waals surface area contributed by atoms with E-state index in [1.54, 1.807) is 0 Å². The summed E-state index contributed by atoms with van der Waals surface area (Å²) in [6.45, 7) is 1.22. The molecule has 1 aliphatic heterocycles. The smallest absolute Gasteiger partial charge is 0.229 e. The van der Waals surface area contributed by atoms with Gasteiger partial charge in [-0.25, -0.2) is 8.42 Å². The number of nitrogens with zero attached hydrogens (tertiary/aromatic N) is 1. The molecule has 1 rings (SSSR count). The lowest BCUT2D eigenvalue weighted by Gasteiger charge is -2.13. The van der Waals surface area contributed by atoms with Crippen molar-refractivity contribution in [3.05, 3.63) is 0 Å². The van der Waals surface area contributed by atoms with E-state index in [1.807, 2.05) is 0 Å². The molecular formula is C10H15NO5S. The fourth-order valence-electron chi connectivity index (χ4n) is 1.50. The van der Waals surface area contributed by atoms with Gasteiger partial charge in [-0.3, -0.25) is 19.3 Å². The number of Topliss-reactive ketones (excluding diaryl/α,β-unsaturated/α-hetero) is 1. The summed E-state index contributed by atoms with van der Waals surface area (Å²) in [6, 6.07) is 0. The zero-order valence-corrected chi connectivity index (χ0v) is 10.5. The van der Waals surface area contributed by atoms with Crippen LogP contribution < -0.4 is 0 Å². The van der Waals surface area contributed by atoms with Gasteiger partial charge in [0.05, 0.1) is 11.5 Å². The zero-order chi connectivity index (χ0) is 13.1. The van der Waals surface area contributed by atoms with Gasteiger partial charge in [-0.05, 0) is 6.92 Å². The third-order valence-electron chi connectivity index (χ3n) is 2.55. The number of amides is 2. The van der Waals surface area contributed by atoms with Gasteiger partial charge in [0.25, 0.3) is 0 Å². The van der Waals surface area contributed by atoms with E-state index in [0.29, 0.717) is 0 Å². The number of imide groups is 1. The van der Waals surface area contributed by atoms with E-state index >= 15 is 0 Å².